The third-order valence-electron chi connectivity index (χ3n) is 8.82. The highest BCUT2D eigenvalue weighted by Gasteiger charge is 2.60. The summed E-state index contributed by atoms with van der Waals surface area (Å²) in [4.78, 5) is 23.9. The number of esters is 1. The van der Waals surface area contributed by atoms with Crippen LogP contribution in [0.1, 0.15) is 43.5 Å². The van der Waals surface area contributed by atoms with Gasteiger partial charge in [0.15, 0.2) is 5.84 Å². The number of ether oxygens (including phenoxy) is 3. The standard InChI is InChI=1S/C36H44Cl2N4O7S/c1-5-48-35(44)36(27-8-12-29(38)13-9-27)33(26-6-10-28(37)11-7-26)42(50(45,46)23-21-41-18-16-40(17-19-41)20-22-43)34(39-36)31-15-14-30(47-4)24-32(31)49-25(2)3/h6-15,24-25,33,43H,5,16-23H2,1-4H3/t33-,36+/m0/s1. The summed E-state index contributed by atoms with van der Waals surface area (Å²) >= 11 is 12.7. The third kappa shape index (κ3) is 8.06. The van der Waals surface area contributed by atoms with E-state index in [1.807, 2.05) is 13.8 Å². The van der Waals surface area contributed by atoms with Crippen LogP contribution in [0.5, 0.6) is 11.5 Å². The van der Waals surface area contributed by atoms with Crippen molar-refractivity contribution in [3.63, 3.8) is 0 Å². The van der Waals surface area contributed by atoms with Crippen molar-refractivity contribution < 1.29 is 32.5 Å². The van der Waals surface area contributed by atoms with Crippen LogP contribution in [0.15, 0.2) is 71.7 Å². The molecule has 2 aliphatic heterocycles. The maximum Gasteiger partial charge on any atom is 0.341 e. The van der Waals surface area contributed by atoms with E-state index in [-0.39, 0.29) is 37.5 Å². The van der Waals surface area contributed by atoms with E-state index in [4.69, 9.17) is 42.4 Å². The summed E-state index contributed by atoms with van der Waals surface area (Å²) < 4.78 is 48.7. The summed E-state index contributed by atoms with van der Waals surface area (Å²) in [7, 11) is -2.70. The molecule has 0 aliphatic carbocycles. The van der Waals surface area contributed by atoms with Crippen LogP contribution in [0.3, 0.4) is 0 Å². The maximum absolute atomic E-state index is 15.0. The molecule has 0 bridgehead atoms. The Labute approximate surface area is 304 Å². The van der Waals surface area contributed by atoms with Crippen LogP contribution in [0, 0.1) is 0 Å². The summed E-state index contributed by atoms with van der Waals surface area (Å²) in [5.41, 5.74) is -0.644. The van der Waals surface area contributed by atoms with Crippen LogP contribution in [-0.2, 0) is 25.1 Å². The van der Waals surface area contributed by atoms with Crippen LogP contribution in [-0.4, -0.2) is 111 Å². The Morgan fingerprint density at radius 1 is 0.960 bits per heavy atom. The summed E-state index contributed by atoms with van der Waals surface area (Å²) in [6.07, 6.45) is -0.282. The predicted octanol–water partition coefficient (Wildman–Crippen LogP) is 4.99. The Morgan fingerprint density at radius 2 is 1.56 bits per heavy atom. The number of piperazine rings is 1. The van der Waals surface area contributed by atoms with Gasteiger partial charge in [-0.25, -0.2) is 22.5 Å². The molecule has 2 atom stereocenters. The molecule has 14 heteroatoms. The van der Waals surface area contributed by atoms with Gasteiger partial charge in [-0.1, -0.05) is 47.5 Å². The van der Waals surface area contributed by atoms with Gasteiger partial charge in [0.1, 0.15) is 17.5 Å². The number of methoxy groups -OCH3 is 1. The van der Waals surface area contributed by atoms with E-state index in [1.54, 1.807) is 73.7 Å². The van der Waals surface area contributed by atoms with E-state index in [1.165, 1.54) is 11.4 Å². The third-order valence-corrected chi connectivity index (χ3v) is 11.0. The van der Waals surface area contributed by atoms with Crippen LogP contribution in [0.4, 0.5) is 0 Å². The number of hydrogen-bond acceptors (Lipinski definition) is 10. The molecule has 1 fully saturated rings. The van der Waals surface area contributed by atoms with E-state index in [2.05, 4.69) is 9.80 Å². The molecule has 270 valence electrons. The number of sulfonamides is 1. The number of hydrogen-bond donors (Lipinski definition) is 1. The van der Waals surface area contributed by atoms with Crippen molar-refractivity contribution in [1.29, 1.82) is 0 Å². The summed E-state index contributed by atoms with van der Waals surface area (Å²) in [5.74, 6) is -0.117. The lowest BCUT2D eigenvalue weighted by atomic mass is 9.80. The van der Waals surface area contributed by atoms with Gasteiger partial charge in [-0.05, 0) is 68.3 Å². The fourth-order valence-electron chi connectivity index (χ4n) is 6.39. The molecule has 0 aromatic heterocycles. The number of carbonyl (C=O) groups is 1. The molecule has 1 saturated heterocycles. The number of carbonyl (C=O) groups excluding carboxylic acids is 1. The first-order chi connectivity index (χ1) is 23.9. The van der Waals surface area contributed by atoms with Gasteiger partial charge in [0.2, 0.25) is 15.6 Å². The van der Waals surface area contributed by atoms with Gasteiger partial charge in [0.25, 0.3) is 0 Å². The van der Waals surface area contributed by atoms with Crippen LogP contribution < -0.4 is 9.47 Å². The molecular formula is C36H44Cl2N4O7S. The molecule has 0 amide bonds. The number of rotatable bonds is 14. The minimum Gasteiger partial charge on any atom is -0.497 e. The van der Waals surface area contributed by atoms with E-state index in [0.717, 1.165) is 0 Å². The highest BCUT2D eigenvalue weighted by molar-refractivity contribution is 7.89. The SMILES string of the molecule is CCOC(=O)[C@]1(c2ccc(Cl)cc2)N=C(c2ccc(OC)cc2OC(C)C)N(S(=O)(=O)CCN2CCN(CCO)CC2)[C@H]1c1ccc(Cl)cc1. The molecule has 0 spiro atoms. The van der Waals surface area contributed by atoms with Gasteiger partial charge >= 0.3 is 5.97 Å². The second-order valence-electron chi connectivity index (χ2n) is 12.4. The summed E-state index contributed by atoms with van der Waals surface area (Å²) in [6.45, 7) is 9.08. The average molecular weight is 748 g/mol. The number of benzene rings is 3. The Kier molecular flexibility index (Phi) is 12.3. The first-order valence-corrected chi connectivity index (χ1v) is 19.0. The molecule has 11 nitrogen and oxygen atoms in total. The van der Waals surface area contributed by atoms with Crippen molar-refractivity contribution in [2.24, 2.45) is 4.99 Å². The maximum atomic E-state index is 15.0. The Morgan fingerprint density at radius 3 is 2.12 bits per heavy atom. The van der Waals surface area contributed by atoms with Gasteiger partial charge in [0.05, 0.1) is 37.7 Å². The van der Waals surface area contributed by atoms with Crippen LogP contribution >= 0.6 is 23.2 Å². The van der Waals surface area contributed by atoms with E-state index in [0.29, 0.717) is 71.0 Å². The van der Waals surface area contributed by atoms with Crippen molar-refractivity contribution in [3.05, 3.63) is 93.5 Å². The van der Waals surface area contributed by atoms with Crippen molar-refractivity contribution in [3.8, 4) is 11.5 Å². The Bertz CT molecular complexity index is 1770. The largest absolute Gasteiger partial charge is 0.497 e. The smallest absolute Gasteiger partial charge is 0.341 e. The molecule has 2 heterocycles. The average Bonchev–Trinajstić information content (AvgIpc) is 3.46. The molecule has 5 rings (SSSR count). The molecule has 0 saturated carbocycles. The fraction of sp³-hybridized carbons (Fsp3) is 0.444. The number of amidine groups is 1. The van der Waals surface area contributed by atoms with E-state index < -0.39 is 27.6 Å². The normalized spacial score (nSPS) is 20.2. The van der Waals surface area contributed by atoms with Crippen LogP contribution in [0.2, 0.25) is 10.0 Å². The number of nitrogens with zero attached hydrogens (tertiary/aromatic N) is 4. The first kappa shape index (κ1) is 37.9. The number of halogens is 2. The second kappa shape index (κ2) is 16.3. The van der Waals surface area contributed by atoms with Gasteiger partial charge in [-0.2, -0.15) is 0 Å². The fourth-order valence-corrected chi connectivity index (χ4v) is 8.33. The highest BCUT2D eigenvalue weighted by atomic mass is 35.5. The highest BCUT2D eigenvalue weighted by Crippen LogP contribution is 2.52. The zero-order valence-corrected chi connectivity index (χ0v) is 31.0. The minimum absolute atomic E-state index is 0.0269. The number of aliphatic hydroxyl groups excluding tert-OH is 1. The number of aliphatic hydroxyl groups is 1. The molecule has 1 N–H and O–H groups in total. The lowest BCUT2D eigenvalue weighted by Crippen LogP contribution is -2.50. The predicted molar refractivity (Wildman–Crippen MR) is 195 cm³/mol. The Hall–Kier alpha value is -3.39. The molecule has 0 radical (unpaired) electrons. The minimum atomic E-state index is -4.23. The molecule has 3 aromatic rings. The van der Waals surface area contributed by atoms with Crippen molar-refractivity contribution in [1.82, 2.24) is 14.1 Å². The summed E-state index contributed by atoms with van der Waals surface area (Å²) in [6, 6.07) is 17.2. The molecule has 0 unspecified atom stereocenters. The van der Waals surface area contributed by atoms with E-state index in [9.17, 15) is 18.3 Å². The van der Waals surface area contributed by atoms with Gasteiger partial charge in [-0.15, -0.1) is 0 Å². The monoisotopic (exact) mass is 746 g/mol. The number of aliphatic imine (C=N–C) groups is 1. The second-order valence-corrected chi connectivity index (χ2v) is 15.3. The van der Waals surface area contributed by atoms with Crippen molar-refractivity contribution >= 4 is 45.0 Å². The topological polar surface area (TPSA) is 121 Å². The molecule has 50 heavy (non-hydrogen) atoms. The first-order valence-electron chi connectivity index (χ1n) is 16.6. The number of β-amino-alcohol motifs (C(OH)–C–C–N with tert-alkyl or cyclic N) is 1. The molecule has 2 aliphatic rings. The lowest BCUT2D eigenvalue weighted by molar-refractivity contribution is -0.151. The molecule has 3 aromatic carbocycles. The van der Waals surface area contributed by atoms with Gasteiger partial charge in [0, 0.05) is 55.4 Å². The van der Waals surface area contributed by atoms with Gasteiger partial charge < -0.3 is 19.3 Å². The molecular weight excluding hydrogens is 703 g/mol. The van der Waals surface area contributed by atoms with Gasteiger partial charge in [-0.3, -0.25) is 9.80 Å². The Balaban J connectivity index is 1.74. The lowest BCUT2D eigenvalue weighted by Gasteiger charge is -2.37. The quantitative estimate of drug-likeness (QED) is 0.228. The van der Waals surface area contributed by atoms with E-state index >= 15 is 0 Å². The zero-order chi connectivity index (χ0) is 36.1. The zero-order valence-electron chi connectivity index (χ0n) is 28.7. The van der Waals surface area contributed by atoms with Crippen LogP contribution in [0.25, 0.3) is 0 Å². The van der Waals surface area contributed by atoms with Crippen molar-refractivity contribution in [2.45, 2.75) is 38.5 Å². The van der Waals surface area contributed by atoms with Crippen molar-refractivity contribution in [2.75, 3.05) is 65.3 Å². The summed E-state index contributed by atoms with van der Waals surface area (Å²) in [5, 5.41) is 10.2.